The third kappa shape index (κ3) is 1.94. The van der Waals surface area contributed by atoms with E-state index in [0.717, 1.165) is 0 Å². The number of benzene rings is 1. The van der Waals surface area contributed by atoms with Gasteiger partial charge in [0.2, 0.25) is 16.2 Å². The summed E-state index contributed by atoms with van der Waals surface area (Å²) in [6.07, 6.45) is 0. The van der Waals surface area contributed by atoms with Crippen LogP contribution in [-0.4, -0.2) is 5.37 Å². The maximum Gasteiger partial charge on any atom is 0.230 e. The predicted octanol–water partition coefficient (Wildman–Crippen LogP) is 1.95. The Morgan fingerprint density at radius 3 is 2.44 bits per heavy atom. The highest BCUT2D eigenvalue weighted by Crippen LogP contribution is 1.95. The average molecular weight is 137 g/mol. The highest BCUT2D eigenvalue weighted by atomic mass is 32.1. The molecule has 0 bridgehead atoms. The lowest BCUT2D eigenvalue weighted by Gasteiger charge is -1.74. The summed E-state index contributed by atoms with van der Waals surface area (Å²) < 4.78 is 0. The molecule has 1 aromatic rings. The molecule has 1 aromatic carbocycles. The molecule has 0 spiro atoms. The maximum absolute atomic E-state index is 2.10. The molecule has 0 atom stereocenters. The standard InChI is InChI=1S/C8H9S/c1-2-9-8-6-4-3-5-7-8/h2-7H,1H3/q+1. The lowest BCUT2D eigenvalue weighted by molar-refractivity contribution is 1.48. The fourth-order valence-corrected chi connectivity index (χ4v) is 1.22. The van der Waals surface area contributed by atoms with Crippen molar-refractivity contribution in [1.29, 1.82) is 0 Å². The number of hydrogen-bond acceptors (Lipinski definition) is 0. The fourth-order valence-electron chi connectivity index (χ4n) is 0.635. The van der Waals surface area contributed by atoms with Gasteiger partial charge in [0.1, 0.15) is 0 Å². The first kappa shape index (κ1) is 6.43. The van der Waals surface area contributed by atoms with Crippen molar-refractivity contribution in [1.82, 2.24) is 0 Å². The summed E-state index contributed by atoms with van der Waals surface area (Å²) in [5.74, 6) is 0. The van der Waals surface area contributed by atoms with E-state index in [2.05, 4.69) is 17.5 Å². The molecule has 0 aliphatic carbocycles. The highest BCUT2D eigenvalue weighted by Gasteiger charge is 1.93. The van der Waals surface area contributed by atoms with Crippen molar-refractivity contribution >= 4 is 16.7 Å². The van der Waals surface area contributed by atoms with E-state index in [4.69, 9.17) is 0 Å². The SMILES string of the molecule is CC=[S+]c1ccccc1. The zero-order chi connectivity index (χ0) is 6.53. The predicted molar refractivity (Wildman–Crippen MR) is 43.8 cm³/mol. The van der Waals surface area contributed by atoms with Gasteiger partial charge in [0.15, 0.2) is 5.37 Å². The molecule has 0 aliphatic heterocycles. The molecule has 0 saturated heterocycles. The lowest BCUT2D eigenvalue weighted by Crippen LogP contribution is -1.71. The van der Waals surface area contributed by atoms with Crippen LogP contribution in [0.5, 0.6) is 0 Å². The Balaban J connectivity index is 2.85. The van der Waals surface area contributed by atoms with Crippen LogP contribution >= 0.6 is 0 Å². The molecule has 0 amide bonds. The number of hydrogen-bond donors (Lipinski definition) is 0. The third-order valence-corrected chi connectivity index (χ3v) is 1.78. The second-order valence-corrected chi connectivity index (χ2v) is 2.85. The van der Waals surface area contributed by atoms with Crippen LogP contribution in [0.3, 0.4) is 0 Å². The summed E-state index contributed by atoms with van der Waals surface area (Å²) in [6.45, 7) is 2.04. The molecular formula is C8H9S+. The second-order valence-electron chi connectivity index (χ2n) is 1.67. The first-order valence-corrected chi connectivity index (χ1v) is 3.81. The van der Waals surface area contributed by atoms with Gasteiger partial charge in [-0.25, -0.2) is 0 Å². The van der Waals surface area contributed by atoms with Crippen LogP contribution in [-0.2, 0) is 11.4 Å². The van der Waals surface area contributed by atoms with Crippen molar-refractivity contribution in [3.63, 3.8) is 0 Å². The normalized spacial score (nSPS) is 10.3. The Morgan fingerprint density at radius 1 is 1.22 bits per heavy atom. The van der Waals surface area contributed by atoms with Crippen molar-refractivity contribution in [2.24, 2.45) is 0 Å². The van der Waals surface area contributed by atoms with Crippen molar-refractivity contribution in [3.05, 3.63) is 30.3 Å². The molecule has 0 fully saturated rings. The van der Waals surface area contributed by atoms with Crippen LogP contribution < -0.4 is 0 Å². The Morgan fingerprint density at radius 2 is 1.89 bits per heavy atom. The van der Waals surface area contributed by atoms with Gasteiger partial charge in [0.05, 0.1) is 0 Å². The van der Waals surface area contributed by atoms with Gasteiger partial charge in [-0.05, 0) is 0 Å². The van der Waals surface area contributed by atoms with E-state index in [-0.39, 0.29) is 0 Å². The van der Waals surface area contributed by atoms with E-state index < -0.39 is 0 Å². The summed E-state index contributed by atoms with van der Waals surface area (Å²) >= 11 is 1.75. The van der Waals surface area contributed by atoms with Crippen LogP contribution in [0.4, 0.5) is 0 Å². The van der Waals surface area contributed by atoms with Crippen LogP contribution in [0.2, 0.25) is 0 Å². The van der Waals surface area contributed by atoms with E-state index in [9.17, 15) is 0 Å². The summed E-state index contributed by atoms with van der Waals surface area (Å²) in [5.41, 5.74) is 0. The third-order valence-electron chi connectivity index (χ3n) is 0.997. The van der Waals surface area contributed by atoms with Crippen molar-refractivity contribution < 1.29 is 0 Å². The molecule has 0 nitrogen and oxygen atoms in total. The van der Waals surface area contributed by atoms with Gasteiger partial charge in [-0.3, -0.25) is 0 Å². The molecule has 0 aliphatic rings. The van der Waals surface area contributed by atoms with Gasteiger partial charge in [-0.2, -0.15) is 0 Å². The summed E-state index contributed by atoms with van der Waals surface area (Å²) in [7, 11) is 0. The minimum Gasteiger partial charge on any atom is -0.0619 e. The van der Waals surface area contributed by atoms with Crippen LogP contribution in [0, 0.1) is 0 Å². The molecule has 0 saturated carbocycles. The highest BCUT2D eigenvalue weighted by molar-refractivity contribution is 7.77. The zero-order valence-corrected chi connectivity index (χ0v) is 6.19. The largest absolute Gasteiger partial charge is 0.230 e. The minimum absolute atomic E-state index is 1.31. The lowest BCUT2D eigenvalue weighted by atomic mass is 10.4. The van der Waals surface area contributed by atoms with Gasteiger partial charge >= 0.3 is 0 Å². The first-order chi connectivity index (χ1) is 4.43. The van der Waals surface area contributed by atoms with E-state index >= 15 is 0 Å². The fraction of sp³-hybridized carbons (Fsp3) is 0.125. The monoisotopic (exact) mass is 137 g/mol. The molecule has 1 heteroatoms. The topological polar surface area (TPSA) is 0 Å². The van der Waals surface area contributed by atoms with Crippen LogP contribution in [0.15, 0.2) is 35.2 Å². The van der Waals surface area contributed by atoms with Crippen molar-refractivity contribution in [2.75, 3.05) is 0 Å². The van der Waals surface area contributed by atoms with Crippen molar-refractivity contribution in [3.8, 4) is 0 Å². The van der Waals surface area contributed by atoms with Crippen LogP contribution in [0.1, 0.15) is 6.92 Å². The molecule has 9 heavy (non-hydrogen) atoms. The first-order valence-electron chi connectivity index (χ1n) is 2.93. The quantitative estimate of drug-likeness (QED) is 0.410. The zero-order valence-electron chi connectivity index (χ0n) is 5.37. The Bertz CT molecular complexity index is 189. The van der Waals surface area contributed by atoms with Gasteiger partial charge in [0, 0.05) is 19.1 Å². The molecular weight excluding hydrogens is 128 g/mol. The Kier molecular flexibility index (Phi) is 2.40. The van der Waals surface area contributed by atoms with Crippen molar-refractivity contribution in [2.45, 2.75) is 11.8 Å². The molecule has 46 valence electrons. The minimum atomic E-state index is 1.31. The molecule has 0 radical (unpaired) electrons. The average Bonchev–Trinajstić information content (AvgIpc) is 1.91. The summed E-state index contributed by atoms with van der Waals surface area (Å²) in [4.78, 5) is 1.31. The smallest absolute Gasteiger partial charge is 0.0619 e. The van der Waals surface area contributed by atoms with Gasteiger partial charge < -0.3 is 0 Å². The Hall–Kier alpha value is -0.690. The van der Waals surface area contributed by atoms with Gasteiger partial charge in [-0.15, -0.1) is 0 Å². The maximum atomic E-state index is 2.10. The van der Waals surface area contributed by atoms with Gasteiger partial charge in [0.25, 0.3) is 0 Å². The van der Waals surface area contributed by atoms with Gasteiger partial charge in [-0.1, -0.05) is 18.2 Å². The van der Waals surface area contributed by atoms with E-state index in [0.29, 0.717) is 0 Å². The second kappa shape index (κ2) is 3.36. The van der Waals surface area contributed by atoms with E-state index in [1.807, 2.05) is 25.1 Å². The molecule has 0 heterocycles. The van der Waals surface area contributed by atoms with E-state index in [1.165, 1.54) is 4.90 Å². The summed E-state index contributed by atoms with van der Waals surface area (Å²) in [5, 5.41) is 2.08. The molecule has 0 N–H and O–H groups in total. The molecule has 0 unspecified atom stereocenters. The van der Waals surface area contributed by atoms with E-state index in [1.54, 1.807) is 11.4 Å². The Labute approximate surface area is 59.5 Å². The summed E-state index contributed by atoms with van der Waals surface area (Å²) in [6, 6.07) is 10.3. The molecule has 0 aromatic heterocycles. The van der Waals surface area contributed by atoms with Crippen LogP contribution in [0.25, 0.3) is 0 Å². The number of rotatable bonds is 1. The molecule has 1 rings (SSSR count).